The lowest BCUT2D eigenvalue weighted by atomic mass is 10.0. The van der Waals surface area contributed by atoms with Crippen molar-refractivity contribution in [2.24, 2.45) is 23.5 Å². The zero-order valence-electron chi connectivity index (χ0n) is 43.5. The molecule has 27 nitrogen and oxygen atoms in total. The van der Waals surface area contributed by atoms with E-state index in [2.05, 4.69) is 47.9 Å². The zero-order chi connectivity index (χ0) is 57.4. The Labute approximate surface area is 439 Å². The van der Waals surface area contributed by atoms with Gasteiger partial charge in [-0.3, -0.25) is 62.3 Å². The van der Waals surface area contributed by atoms with Crippen molar-refractivity contribution in [3.63, 3.8) is 0 Å². The minimum Gasteiger partial charge on any atom is -0.481 e. The number of rotatable bonds is 35. The Kier molecular flexibility index (Phi) is 27.0. The first-order valence-corrected chi connectivity index (χ1v) is 24.9. The van der Waals surface area contributed by atoms with Gasteiger partial charge in [0.15, 0.2) is 0 Å². The number of hydrogen-bond acceptors (Lipinski definition) is 14. The highest BCUT2D eigenvalue weighted by Crippen LogP contribution is 2.33. The van der Waals surface area contributed by atoms with Crippen LogP contribution in [0.3, 0.4) is 0 Å². The van der Waals surface area contributed by atoms with Crippen molar-refractivity contribution in [3.05, 3.63) is 35.9 Å². The number of carbonyl (C=O) groups excluding carboxylic acids is 10. The van der Waals surface area contributed by atoms with Crippen LogP contribution in [0.2, 0.25) is 0 Å². The number of nitrogens with one attached hydrogen (secondary N) is 9. The van der Waals surface area contributed by atoms with E-state index in [0.29, 0.717) is 5.56 Å². The van der Waals surface area contributed by atoms with E-state index in [0.717, 1.165) is 26.7 Å². The third kappa shape index (κ3) is 25.0. The predicted molar refractivity (Wildman–Crippen MR) is 267 cm³/mol. The summed E-state index contributed by atoms with van der Waals surface area (Å²) in [5.41, 5.74) is 6.22. The van der Waals surface area contributed by atoms with Crippen molar-refractivity contribution >= 4 is 77.0 Å². The smallest absolute Gasteiger partial charge is 0.305 e. The summed E-state index contributed by atoms with van der Waals surface area (Å²) in [6.45, 7) is 8.50. The number of carboxylic acid groups (broad SMARTS) is 3. The quantitative estimate of drug-likeness (QED) is 0.0327. The van der Waals surface area contributed by atoms with Crippen LogP contribution in [-0.4, -0.2) is 158 Å². The summed E-state index contributed by atoms with van der Waals surface area (Å²) in [4.78, 5) is 167. The topological polar surface area (TPSA) is 437 Å². The minimum absolute atomic E-state index is 0.00106. The minimum atomic E-state index is -1.89. The lowest BCUT2D eigenvalue weighted by molar-refractivity contribution is -0.142. The molecule has 1 aliphatic carbocycles. The Hall–Kier alpha value is -7.71. The van der Waals surface area contributed by atoms with Crippen molar-refractivity contribution in [2.75, 3.05) is 6.54 Å². The predicted octanol–water partition coefficient (Wildman–Crippen LogP) is -2.79. The van der Waals surface area contributed by atoms with E-state index in [4.69, 9.17) is 5.73 Å². The number of aliphatic hydroxyl groups excluding tert-OH is 1. The summed E-state index contributed by atoms with van der Waals surface area (Å²) in [5, 5.41) is 60.2. The fourth-order valence-corrected chi connectivity index (χ4v) is 7.64. The van der Waals surface area contributed by atoms with Gasteiger partial charge in [-0.25, -0.2) is 0 Å². The number of primary amides is 1. The van der Waals surface area contributed by atoms with Crippen LogP contribution in [0.25, 0.3) is 0 Å². The normalized spacial score (nSPS) is 15.5. The molecule has 27 heteroatoms. The Bertz CT molecular complexity index is 2240. The first-order chi connectivity index (χ1) is 35.6. The van der Waals surface area contributed by atoms with Gasteiger partial charge >= 0.3 is 17.9 Å². The lowest BCUT2D eigenvalue weighted by Gasteiger charge is -2.27. The second-order valence-corrected chi connectivity index (χ2v) is 19.6. The summed E-state index contributed by atoms with van der Waals surface area (Å²) < 4.78 is 0. The molecule has 0 saturated heterocycles. The molecule has 0 unspecified atom stereocenters. The second kappa shape index (κ2) is 31.9. The molecule has 0 spiro atoms. The van der Waals surface area contributed by atoms with Gasteiger partial charge < -0.3 is 74.0 Å². The van der Waals surface area contributed by atoms with Crippen molar-refractivity contribution in [1.29, 1.82) is 0 Å². The number of benzene rings is 1. The summed E-state index contributed by atoms with van der Waals surface area (Å²) >= 11 is 0. The molecular weight excluding hydrogens is 1000 g/mol. The maximum absolute atomic E-state index is 13.9. The van der Waals surface area contributed by atoms with Crippen LogP contribution < -0.4 is 53.6 Å². The van der Waals surface area contributed by atoms with E-state index in [1.54, 1.807) is 44.2 Å². The monoisotopic (exact) mass is 1070 g/mol. The maximum atomic E-state index is 13.9. The number of hydrogen-bond donors (Lipinski definition) is 14. The molecule has 1 saturated carbocycles. The van der Waals surface area contributed by atoms with E-state index in [-0.39, 0.29) is 43.4 Å². The zero-order valence-corrected chi connectivity index (χ0v) is 43.5. The molecule has 1 aliphatic rings. The Morgan fingerprint density at radius 2 is 0.987 bits per heavy atom. The van der Waals surface area contributed by atoms with Gasteiger partial charge in [-0.05, 0) is 62.3 Å². The molecule has 10 amide bonds. The van der Waals surface area contributed by atoms with Crippen LogP contribution in [0.5, 0.6) is 0 Å². The molecule has 1 aromatic rings. The van der Waals surface area contributed by atoms with E-state index >= 15 is 0 Å². The Morgan fingerprint density at radius 1 is 0.539 bits per heavy atom. The Balaban J connectivity index is 2.29. The SMILES string of the molecule is CC(=O)N[C@@H](CC(C)C)C(=O)N[C@@H](CC(=O)O)C(=O)N[C@@H](CCC(=O)O)C(=O)N[C@@H](CCC(=O)O)C(=O)N[C@H](C(=O)NCC(=O)N[C@@H](CC1CC1)C(=O)N[C@@H](Cc1ccccc1)C(=O)N[C@@H](CC(C)C)C(N)=O)[C@@H](C)O. The highest BCUT2D eigenvalue weighted by Gasteiger charge is 2.37. The first kappa shape index (κ1) is 64.4. The van der Waals surface area contributed by atoms with Gasteiger partial charge in [-0.2, -0.15) is 0 Å². The van der Waals surface area contributed by atoms with E-state index in [1.165, 1.54) is 0 Å². The number of aliphatic carboxylic acids is 3. The standard InChI is InChI=1S/C49H74N10O17/c1-24(2)18-32(42(50)69)56-47(74)35(20-28-10-8-7-9-11-28)57-46(73)34(21-29-12-13-29)53-37(62)23-51-49(76)41(26(5)60)59-44(71)31(15-17-39(65)66)54-43(70)30(14-16-38(63)64)55-48(75)36(22-40(67)68)58-45(72)33(19-25(3)4)52-27(6)61/h7-11,24-26,29-36,41,60H,12-23H2,1-6H3,(H2,50,69)(H,51,76)(H,52,61)(H,53,62)(H,54,70)(H,55,75)(H,56,74)(H,57,73)(H,58,72)(H,59,71)(H,63,64)(H,65,66)(H,67,68)/t26-,30+,31+,32+,33+,34+,35+,36+,41+/m1/s1. The van der Waals surface area contributed by atoms with Crippen LogP contribution in [-0.2, 0) is 68.7 Å². The largest absolute Gasteiger partial charge is 0.481 e. The average Bonchev–Trinajstić information content (AvgIpc) is 4.14. The molecule has 1 aromatic carbocycles. The number of amides is 10. The third-order valence-corrected chi connectivity index (χ3v) is 11.7. The van der Waals surface area contributed by atoms with Gasteiger partial charge in [0.2, 0.25) is 59.1 Å². The molecule has 9 atom stereocenters. The van der Waals surface area contributed by atoms with Crippen molar-refractivity contribution in [3.8, 4) is 0 Å². The molecule has 422 valence electrons. The van der Waals surface area contributed by atoms with Gasteiger partial charge in [-0.15, -0.1) is 0 Å². The number of carboxylic acids is 3. The fraction of sp³-hybridized carbons (Fsp3) is 0.612. The van der Waals surface area contributed by atoms with Gasteiger partial charge in [-0.1, -0.05) is 70.9 Å². The number of carbonyl (C=O) groups is 13. The molecule has 1 fully saturated rings. The van der Waals surface area contributed by atoms with Crippen molar-refractivity contribution in [2.45, 2.75) is 167 Å². The van der Waals surface area contributed by atoms with Gasteiger partial charge in [0.05, 0.1) is 19.1 Å². The van der Waals surface area contributed by atoms with E-state index < -0.39 is 170 Å². The average molecular weight is 1080 g/mol. The molecule has 2 rings (SSSR count). The summed E-state index contributed by atoms with van der Waals surface area (Å²) in [6, 6.07) is -3.52. The second-order valence-electron chi connectivity index (χ2n) is 19.6. The first-order valence-electron chi connectivity index (χ1n) is 24.9. The highest BCUT2D eigenvalue weighted by atomic mass is 16.4. The molecular formula is C49H74N10O17. The van der Waals surface area contributed by atoms with Crippen LogP contribution in [0.4, 0.5) is 0 Å². The fourth-order valence-electron chi connectivity index (χ4n) is 7.64. The molecule has 0 radical (unpaired) electrons. The van der Waals surface area contributed by atoms with E-state index in [1.807, 2.05) is 13.8 Å². The maximum Gasteiger partial charge on any atom is 0.305 e. The summed E-state index contributed by atoms with van der Waals surface area (Å²) in [6.07, 6.45) is -3.74. The highest BCUT2D eigenvalue weighted by molar-refractivity contribution is 5.99. The van der Waals surface area contributed by atoms with Crippen LogP contribution in [0, 0.1) is 17.8 Å². The lowest BCUT2D eigenvalue weighted by Crippen LogP contribution is -2.61. The number of aliphatic hydroxyl groups is 1. The van der Waals surface area contributed by atoms with Crippen LogP contribution in [0.15, 0.2) is 30.3 Å². The molecule has 0 aromatic heterocycles. The van der Waals surface area contributed by atoms with Gasteiger partial charge in [0, 0.05) is 26.2 Å². The van der Waals surface area contributed by atoms with Crippen molar-refractivity contribution in [1.82, 2.24) is 47.9 Å². The number of nitrogens with two attached hydrogens (primary N) is 1. The summed E-state index contributed by atoms with van der Waals surface area (Å²) in [7, 11) is 0. The van der Waals surface area contributed by atoms with E-state index in [9.17, 15) is 82.8 Å². The molecule has 15 N–H and O–H groups in total. The molecule has 0 aliphatic heterocycles. The Morgan fingerprint density at radius 3 is 1.46 bits per heavy atom. The molecule has 76 heavy (non-hydrogen) atoms. The summed E-state index contributed by atoms with van der Waals surface area (Å²) in [5.74, 6) is -14.4. The van der Waals surface area contributed by atoms with Gasteiger partial charge in [0.25, 0.3) is 0 Å². The molecule has 0 bridgehead atoms. The molecule has 0 heterocycles. The third-order valence-electron chi connectivity index (χ3n) is 11.7. The van der Waals surface area contributed by atoms with Crippen LogP contribution in [0.1, 0.15) is 111 Å². The van der Waals surface area contributed by atoms with Gasteiger partial charge in [0.1, 0.15) is 48.3 Å². The van der Waals surface area contributed by atoms with Crippen molar-refractivity contribution < 1.29 is 82.8 Å². The van der Waals surface area contributed by atoms with Crippen LogP contribution >= 0.6 is 0 Å².